The Bertz CT molecular complexity index is 1140. The molecule has 0 atom stereocenters. The lowest BCUT2D eigenvalue weighted by molar-refractivity contribution is -0.222. The number of piperazine rings is 1. The molecule has 2 aliphatic rings. The van der Waals surface area contributed by atoms with Crippen LogP contribution >= 0.6 is 11.6 Å². The van der Waals surface area contributed by atoms with Crippen molar-refractivity contribution in [2.45, 2.75) is 25.8 Å². The van der Waals surface area contributed by atoms with Crippen molar-refractivity contribution in [3.8, 4) is 0 Å². The van der Waals surface area contributed by atoms with E-state index >= 15 is 0 Å². The van der Waals surface area contributed by atoms with Gasteiger partial charge in [-0.05, 0) is 30.3 Å². The van der Waals surface area contributed by atoms with Gasteiger partial charge in [-0.1, -0.05) is 11.6 Å². The maximum atomic E-state index is 12.8. The molecule has 0 radical (unpaired) electrons. The van der Waals surface area contributed by atoms with Crippen LogP contribution in [0.25, 0.3) is 0 Å². The lowest BCUT2D eigenvalue weighted by atomic mass is 10.2. The van der Waals surface area contributed by atoms with E-state index in [1.165, 1.54) is 20.0 Å². The summed E-state index contributed by atoms with van der Waals surface area (Å²) in [5.74, 6) is -2.51. The molecule has 2 saturated heterocycles. The highest BCUT2D eigenvalue weighted by atomic mass is 35.5. The van der Waals surface area contributed by atoms with E-state index in [1.54, 1.807) is 12.1 Å². The summed E-state index contributed by atoms with van der Waals surface area (Å²) >= 11 is 6.07. The number of hydrogen-bond acceptors (Lipinski definition) is 8. The van der Waals surface area contributed by atoms with E-state index in [1.807, 2.05) is 17.0 Å². The van der Waals surface area contributed by atoms with Gasteiger partial charge in [0.2, 0.25) is 0 Å². The molecule has 8 nitrogen and oxygen atoms in total. The summed E-state index contributed by atoms with van der Waals surface area (Å²) in [5.41, 5.74) is 0.467. The molecule has 3 heterocycles. The predicted molar refractivity (Wildman–Crippen MR) is 123 cm³/mol. The van der Waals surface area contributed by atoms with Gasteiger partial charge >= 0.3 is 18.1 Å². The van der Waals surface area contributed by atoms with Gasteiger partial charge in [0.1, 0.15) is 5.82 Å². The number of cyclic esters (lactones) is 2. The van der Waals surface area contributed by atoms with Crippen molar-refractivity contribution in [3.05, 3.63) is 58.9 Å². The number of carbonyl (C=O) groups excluding carboxylic acids is 2. The number of halogens is 4. The molecule has 1 N–H and O–H groups in total. The van der Waals surface area contributed by atoms with Gasteiger partial charge in [-0.25, -0.2) is 14.6 Å². The molecule has 4 rings (SSSR count). The summed E-state index contributed by atoms with van der Waals surface area (Å²) in [5, 5.41) is 2.85. The smallest absolute Gasteiger partial charge is 0.417 e. The van der Waals surface area contributed by atoms with Crippen LogP contribution in [0.3, 0.4) is 0 Å². The van der Waals surface area contributed by atoms with Crippen LogP contribution in [-0.4, -0.2) is 48.9 Å². The number of aromatic nitrogens is 1. The lowest BCUT2D eigenvalue weighted by Gasteiger charge is -2.37. The summed E-state index contributed by atoms with van der Waals surface area (Å²) in [6.07, 6.45) is -2.46. The summed E-state index contributed by atoms with van der Waals surface area (Å²) in [6.45, 7) is 5.24. The SMILES string of the molecule is CC1(C)OC(=O)C(=CNc2ccc(N3CCN(c4ncc(C(F)(F)F)cc4Cl)CC3)cc2)C(=O)O1. The molecule has 0 unspecified atom stereocenters. The lowest BCUT2D eigenvalue weighted by Crippen LogP contribution is -2.47. The van der Waals surface area contributed by atoms with E-state index < -0.39 is 29.5 Å². The number of ether oxygens (including phenoxy) is 2. The van der Waals surface area contributed by atoms with Gasteiger partial charge in [-0.15, -0.1) is 0 Å². The Morgan fingerprint density at radius 2 is 1.60 bits per heavy atom. The fraction of sp³-hybridized carbons (Fsp3) is 0.348. The third-order valence-corrected chi connectivity index (χ3v) is 5.74. The first kappa shape index (κ1) is 24.6. The van der Waals surface area contributed by atoms with Crippen LogP contribution in [0.15, 0.2) is 48.3 Å². The fourth-order valence-electron chi connectivity index (χ4n) is 3.70. The van der Waals surface area contributed by atoms with Gasteiger partial charge < -0.3 is 24.6 Å². The van der Waals surface area contributed by atoms with Gasteiger partial charge in [0.15, 0.2) is 5.57 Å². The number of nitrogens with zero attached hydrogens (tertiary/aromatic N) is 3. The van der Waals surface area contributed by atoms with Crippen molar-refractivity contribution in [3.63, 3.8) is 0 Å². The van der Waals surface area contributed by atoms with E-state index in [0.29, 0.717) is 37.7 Å². The van der Waals surface area contributed by atoms with Gasteiger partial charge in [-0.3, -0.25) is 0 Å². The minimum atomic E-state index is -4.49. The van der Waals surface area contributed by atoms with Crippen LogP contribution in [0.1, 0.15) is 19.4 Å². The zero-order valence-corrected chi connectivity index (χ0v) is 19.6. The molecule has 186 valence electrons. The Balaban J connectivity index is 1.35. The highest BCUT2D eigenvalue weighted by Gasteiger charge is 2.39. The van der Waals surface area contributed by atoms with Crippen LogP contribution < -0.4 is 15.1 Å². The van der Waals surface area contributed by atoms with Crippen LogP contribution in [0.5, 0.6) is 0 Å². The zero-order valence-electron chi connectivity index (χ0n) is 18.9. The molecular weight excluding hydrogens is 489 g/mol. The molecule has 35 heavy (non-hydrogen) atoms. The van der Waals surface area contributed by atoms with E-state index in [-0.39, 0.29) is 10.6 Å². The minimum absolute atomic E-state index is 0.0351. The quantitative estimate of drug-likeness (QED) is 0.372. The second-order valence-corrected chi connectivity index (χ2v) is 8.84. The molecule has 0 spiro atoms. The number of esters is 2. The molecule has 2 aromatic rings. The number of pyridine rings is 1. The van der Waals surface area contributed by atoms with Crippen molar-refractivity contribution in [1.29, 1.82) is 0 Å². The Labute approximate surface area is 204 Å². The Morgan fingerprint density at radius 3 is 2.14 bits per heavy atom. The van der Waals surface area contributed by atoms with Gasteiger partial charge in [0, 0.05) is 63.8 Å². The monoisotopic (exact) mass is 510 g/mol. The van der Waals surface area contributed by atoms with Gasteiger partial charge in [-0.2, -0.15) is 13.2 Å². The van der Waals surface area contributed by atoms with E-state index in [0.717, 1.165) is 18.0 Å². The summed E-state index contributed by atoms with van der Waals surface area (Å²) < 4.78 is 48.6. The highest BCUT2D eigenvalue weighted by Crippen LogP contribution is 2.34. The van der Waals surface area contributed by atoms with Crippen LogP contribution in [0.2, 0.25) is 5.02 Å². The average molecular weight is 511 g/mol. The van der Waals surface area contributed by atoms with Crippen molar-refractivity contribution >= 4 is 40.7 Å². The van der Waals surface area contributed by atoms with Gasteiger partial charge in [0.25, 0.3) is 5.79 Å². The summed E-state index contributed by atoms with van der Waals surface area (Å²) in [7, 11) is 0. The largest absolute Gasteiger partial charge is 0.419 e. The Kier molecular flexibility index (Phi) is 6.54. The van der Waals surface area contributed by atoms with Crippen molar-refractivity contribution in [1.82, 2.24) is 4.98 Å². The second kappa shape index (κ2) is 9.29. The highest BCUT2D eigenvalue weighted by molar-refractivity contribution is 6.33. The Hall–Kier alpha value is -3.47. The fourth-order valence-corrected chi connectivity index (χ4v) is 3.98. The topological polar surface area (TPSA) is 84.0 Å². The molecular formula is C23H22ClF3N4O4. The van der Waals surface area contributed by atoms with E-state index in [4.69, 9.17) is 21.1 Å². The third kappa shape index (κ3) is 5.61. The molecule has 0 amide bonds. The number of anilines is 3. The van der Waals surface area contributed by atoms with Crippen LogP contribution in [0.4, 0.5) is 30.4 Å². The minimum Gasteiger partial charge on any atom is -0.419 e. The number of benzene rings is 1. The average Bonchev–Trinajstić information content (AvgIpc) is 2.78. The number of rotatable bonds is 4. The molecule has 2 aliphatic heterocycles. The Morgan fingerprint density at radius 1 is 1.03 bits per heavy atom. The van der Waals surface area contributed by atoms with Gasteiger partial charge in [0.05, 0.1) is 10.6 Å². The third-order valence-electron chi connectivity index (χ3n) is 5.46. The maximum absolute atomic E-state index is 12.8. The van der Waals surface area contributed by atoms with E-state index in [9.17, 15) is 22.8 Å². The second-order valence-electron chi connectivity index (χ2n) is 8.43. The predicted octanol–water partition coefficient (Wildman–Crippen LogP) is 4.21. The number of alkyl halides is 3. The summed E-state index contributed by atoms with van der Waals surface area (Å²) in [6, 6.07) is 8.22. The first-order chi connectivity index (χ1) is 16.4. The standard InChI is InChI=1S/C23H22ClF3N4O4/c1-22(2)34-20(32)17(21(33)35-22)13-28-15-3-5-16(6-4-15)30-7-9-31(10-8-30)19-18(24)11-14(12-29-19)23(25,26)27/h3-6,11-13,28H,7-10H2,1-2H3. The van der Waals surface area contributed by atoms with Crippen molar-refractivity contribution in [2.24, 2.45) is 0 Å². The summed E-state index contributed by atoms with van der Waals surface area (Å²) in [4.78, 5) is 31.9. The van der Waals surface area contributed by atoms with Crippen molar-refractivity contribution < 1.29 is 32.2 Å². The molecule has 0 aliphatic carbocycles. The normalized spacial score (nSPS) is 18.2. The van der Waals surface area contributed by atoms with Crippen molar-refractivity contribution in [2.75, 3.05) is 41.3 Å². The molecule has 1 aromatic heterocycles. The zero-order chi connectivity index (χ0) is 25.4. The first-order valence-electron chi connectivity index (χ1n) is 10.7. The molecule has 1 aromatic carbocycles. The maximum Gasteiger partial charge on any atom is 0.417 e. The first-order valence-corrected chi connectivity index (χ1v) is 11.1. The van der Waals surface area contributed by atoms with Crippen LogP contribution in [0, 0.1) is 0 Å². The molecule has 0 saturated carbocycles. The number of carbonyl (C=O) groups is 2. The van der Waals surface area contributed by atoms with Crippen LogP contribution in [-0.2, 0) is 25.2 Å². The van der Waals surface area contributed by atoms with E-state index in [2.05, 4.69) is 15.2 Å². The number of hydrogen-bond donors (Lipinski definition) is 1. The molecule has 0 bridgehead atoms. The molecule has 12 heteroatoms. The number of nitrogens with one attached hydrogen (secondary N) is 1. The molecule has 2 fully saturated rings.